The number of rotatable bonds is 0. The van der Waals surface area contributed by atoms with Gasteiger partial charge in [-0.15, -0.1) is 0 Å². The van der Waals surface area contributed by atoms with Crippen molar-refractivity contribution < 1.29 is 5.21 Å². The SMILES string of the molecule is Cc1ccc2c(c1)C(=NO)C(C)C2. The quantitative estimate of drug-likeness (QED) is 0.476. The molecule has 1 aromatic carbocycles. The molecule has 0 radical (unpaired) electrons. The predicted molar refractivity (Wildman–Crippen MR) is 52.4 cm³/mol. The molecule has 68 valence electrons. The van der Waals surface area contributed by atoms with Gasteiger partial charge in [-0.2, -0.15) is 0 Å². The summed E-state index contributed by atoms with van der Waals surface area (Å²) >= 11 is 0. The predicted octanol–water partition coefficient (Wildman–Crippen LogP) is 2.37. The highest BCUT2D eigenvalue weighted by molar-refractivity contribution is 6.05. The van der Waals surface area contributed by atoms with Crippen LogP contribution in [0.1, 0.15) is 23.6 Å². The van der Waals surface area contributed by atoms with E-state index in [0.717, 1.165) is 17.7 Å². The van der Waals surface area contributed by atoms with Crippen molar-refractivity contribution in [3.63, 3.8) is 0 Å². The lowest BCUT2D eigenvalue weighted by atomic mass is 10.1. The van der Waals surface area contributed by atoms with Gasteiger partial charge >= 0.3 is 0 Å². The molecule has 1 unspecified atom stereocenters. The minimum atomic E-state index is 0.349. The lowest BCUT2D eigenvalue weighted by Gasteiger charge is -2.01. The second-order valence-corrected chi connectivity index (χ2v) is 3.75. The molecule has 1 N–H and O–H groups in total. The normalized spacial score (nSPS) is 23.5. The second kappa shape index (κ2) is 2.87. The van der Waals surface area contributed by atoms with E-state index in [1.165, 1.54) is 11.1 Å². The van der Waals surface area contributed by atoms with Crippen LogP contribution in [-0.4, -0.2) is 10.9 Å². The summed E-state index contributed by atoms with van der Waals surface area (Å²) in [6.45, 7) is 4.14. The summed E-state index contributed by atoms with van der Waals surface area (Å²) in [6.07, 6.45) is 0.995. The Bertz CT molecular complexity index is 368. The van der Waals surface area contributed by atoms with E-state index in [1.807, 2.05) is 0 Å². The summed E-state index contributed by atoms with van der Waals surface area (Å²) in [5.74, 6) is 0.349. The third-order valence-electron chi connectivity index (χ3n) is 2.64. The topological polar surface area (TPSA) is 32.6 Å². The molecule has 13 heavy (non-hydrogen) atoms. The first-order valence-corrected chi connectivity index (χ1v) is 4.54. The van der Waals surface area contributed by atoms with E-state index in [1.54, 1.807) is 0 Å². The highest BCUT2D eigenvalue weighted by atomic mass is 16.4. The second-order valence-electron chi connectivity index (χ2n) is 3.75. The molecule has 0 aromatic heterocycles. The molecule has 1 atom stereocenters. The molecule has 0 heterocycles. The number of aryl methyl sites for hydroxylation is 1. The largest absolute Gasteiger partial charge is 0.411 e. The van der Waals surface area contributed by atoms with E-state index in [4.69, 9.17) is 5.21 Å². The fourth-order valence-electron chi connectivity index (χ4n) is 1.95. The first-order valence-electron chi connectivity index (χ1n) is 4.54. The molecule has 0 saturated heterocycles. The van der Waals surface area contributed by atoms with E-state index in [0.29, 0.717) is 5.92 Å². The van der Waals surface area contributed by atoms with E-state index in [2.05, 4.69) is 37.2 Å². The third kappa shape index (κ3) is 1.22. The van der Waals surface area contributed by atoms with Gasteiger partial charge in [0.2, 0.25) is 0 Å². The zero-order valence-corrected chi connectivity index (χ0v) is 7.91. The molecule has 0 amide bonds. The molecule has 1 aliphatic carbocycles. The van der Waals surface area contributed by atoms with E-state index >= 15 is 0 Å². The molecule has 0 bridgehead atoms. The maximum Gasteiger partial charge on any atom is 0.0902 e. The zero-order valence-electron chi connectivity index (χ0n) is 7.91. The van der Waals surface area contributed by atoms with E-state index < -0.39 is 0 Å². The number of nitrogens with zero attached hydrogens (tertiary/aromatic N) is 1. The average Bonchev–Trinajstić information content (AvgIpc) is 2.40. The molecule has 0 aliphatic heterocycles. The monoisotopic (exact) mass is 175 g/mol. The Morgan fingerprint density at radius 2 is 2.23 bits per heavy atom. The Hall–Kier alpha value is -1.31. The summed E-state index contributed by atoms with van der Waals surface area (Å²) in [5, 5.41) is 12.2. The average molecular weight is 175 g/mol. The summed E-state index contributed by atoms with van der Waals surface area (Å²) in [7, 11) is 0. The maximum atomic E-state index is 8.86. The molecule has 2 heteroatoms. The first kappa shape index (κ1) is 8.30. The summed E-state index contributed by atoms with van der Waals surface area (Å²) in [4.78, 5) is 0. The van der Waals surface area contributed by atoms with Gasteiger partial charge in [-0.05, 0) is 25.0 Å². The minimum Gasteiger partial charge on any atom is -0.411 e. The van der Waals surface area contributed by atoms with Gasteiger partial charge in [0.25, 0.3) is 0 Å². The van der Waals surface area contributed by atoms with Crippen LogP contribution in [0.4, 0.5) is 0 Å². The fourth-order valence-corrected chi connectivity index (χ4v) is 1.95. The summed E-state index contributed by atoms with van der Waals surface area (Å²) in [6, 6.07) is 6.32. The van der Waals surface area contributed by atoms with Crippen LogP contribution in [0.2, 0.25) is 0 Å². The van der Waals surface area contributed by atoms with Crippen LogP contribution in [0.15, 0.2) is 23.4 Å². The number of hydrogen-bond donors (Lipinski definition) is 1. The van der Waals surface area contributed by atoms with Crippen molar-refractivity contribution in [3.8, 4) is 0 Å². The summed E-state index contributed by atoms with van der Waals surface area (Å²) < 4.78 is 0. The highest BCUT2D eigenvalue weighted by Crippen LogP contribution is 2.27. The third-order valence-corrected chi connectivity index (χ3v) is 2.64. The number of benzene rings is 1. The van der Waals surface area contributed by atoms with Gasteiger partial charge in [-0.1, -0.05) is 29.8 Å². The van der Waals surface area contributed by atoms with Crippen LogP contribution in [-0.2, 0) is 6.42 Å². The van der Waals surface area contributed by atoms with Crippen molar-refractivity contribution in [2.75, 3.05) is 0 Å². The van der Waals surface area contributed by atoms with Gasteiger partial charge in [-0.3, -0.25) is 0 Å². The van der Waals surface area contributed by atoms with Gasteiger partial charge in [0.15, 0.2) is 0 Å². The molecule has 0 spiro atoms. The lowest BCUT2D eigenvalue weighted by Crippen LogP contribution is -2.05. The van der Waals surface area contributed by atoms with Crippen molar-refractivity contribution >= 4 is 5.71 Å². The molecule has 0 fully saturated rings. The molecule has 1 aromatic rings. The number of oxime groups is 1. The molecule has 2 rings (SSSR count). The lowest BCUT2D eigenvalue weighted by molar-refractivity contribution is 0.316. The molecule has 2 nitrogen and oxygen atoms in total. The fraction of sp³-hybridized carbons (Fsp3) is 0.364. The smallest absolute Gasteiger partial charge is 0.0902 e. The van der Waals surface area contributed by atoms with Gasteiger partial charge in [0, 0.05) is 11.5 Å². The molecule has 1 aliphatic rings. The van der Waals surface area contributed by atoms with Gasteiger partial charge in [-0.25, -0.2) is 0 Å². The van der Waals surface area contributed by atoms with Crippen molar-refractivity contribution in [2.24, 2.45) is 11.1 Å². The number of hydrogen-bond acceptors (Lipinski definition) is 2. The molecular weight excluding hydrogens is 162 g/mol. The van der Waals surface area contributed by atoms with E-state index in [9.17, 15) is 0 Å². The van der Waals surface area contributed by atoms with Crippen LogP contribution < -0.4 is 0 Å². The van der Waals surface area contributed by atoms with Crippen LogP contribution in [0.3, 0.4) is 0 Å². The molecular formula is C11H13NO. The molecule has 0 saturated carbocycles. The van der Waals surface area contributed by atoms with Gasteiger partial charge in [0.1, 0.15) is 0 Å². The Morgan fingerprint density at radius 3 is 2.92 bits per heavy atom. The van der Waals surface area contributed by atoms with Crippen molar-refractivity contribution in [3.05, 3.63) is 34.9 Å². The summed E-state index contributed by atoms with van der Waals surface area (Å²) in [5.41, 5.74) is 4.47. The van der Waals surface area contributed by atoms with E-state index in [-0.39, 0.29) is 0 Å². The Balaban J connectivity index is 2.57. The van der Waals surface area contributed by atoms with Crippen molar-refractivity contribution in [2.45, 2.75) is 20.3 Å². The first-order chi connectivity index (χ1) is 6.22. The van der Waals surface area contributed by atoms with Crippen LogP contribution >= 0.6 is 0 Å². The van der Waals surface area contributed by atoms with Crippen LogP contribution in [0, 0.1) is 12.8 Å². The zero-order chi connectivity index (χ0) is 9.42. The van der Waals surface area contributed by atoms with Gasteiger partial charge in [0.05, 0.1) is 5.71 Å². The van der Waals surface area contributed by atoms with Gasteiger partial charge < -0.3 is 5.21 Å². The van der Waals surface area contributed by atoms with Crippen molar-refractivity contribution in [1.29, 1.82) is 0 Å². The number of fused-ring (bicyclic) bond motifs is 1. The maximum absolute atomic E-state index is 8.86. The Kier molecular flexibility index (Phi) is 1.83. The Labute approximate surface area is 77.9 Å². The van der Waals surface area contributed by atoms with Crippen LogP contribution in [0.5, 0.6) is 0 Å². The highest BCUT2D eigenvalue weighted by Gasteiger charge is 2.25. The standard InChI is InChI=1S/C11H13NO/c1-7-3-4-9-6-8(2)11(12-13)10(9)5-7/h3-5,8,13H,6H2,1-2H3. The Morgan fingerprint density at radius 1 is 1.46 bits per heavy atom. The van der Waals surface area contributed by atoms with Crippen molar-refractivity contribution in [1.82, 2.24) is 0 Å². The minimum absolute atomic E-state index is 0.349. The van der Waals surface area contributed by atoms with Crippen LogP contribution in [0.25, 0.3) is 0 Å².